The van der Waals surface area contributed by atoms with Crippen molar-refractivity contribution in [2.24, 2.45) is 0 Å². The van der Waals surface area contributed by atoms with Crippen LogP contribution in [0.3, 0.4) is 0 Å². The maximum Gasteiger partial charge on any atom is 0.0712 e. The van der Waals surface area contributed by atoms with E-state index in [2.05, 4.69) is 37.9 Å². The highest BCUT2D eigenvalue weighted by atomic mass is 35.5. The number of alkyl halides is 1. The molecule has 0 saturated carbocycles. The van der Waals surface area contributed by atoms with Gasteiger partial charge < -0.3 is 4.90 Å². The number of likely N-dealkylation sites (N-methyl/N-ethyl adjacent to an activating group) is 1. The van der Waals surface area contributed by atoms with Crippen molar-refractivity contribution in [3.05, 3.63) is 35.9 Å². The Hall–Kier alpha value is -0.530. The molecule has 78 valence electrons. The second-order valence-electron chi connectivity index (χ2n) is 3.91. The smallest absolute Gasteiger partial charge is 0.0712 e. The Labute approximate surface area is 91.7 Å². The molecular formula is C12H18ClN. The molecule has 0 aliphatic heterocycles. The Kier molecular flexibility index (Phi) is 4.43. The fourth-order valence-electron chi connectivity index (χ4n) is 1.23. The summed E-state index contributed by atoms with van der Waals surface area (Å²) in [5.41, 5.74) is 1.20. The predicted molar refractivity (Wildman–Crippen MR) is 62.8 cm³/mol. The molecule has 0 spiro atoms. The van der Waals surface area contributed by atoms with Gasteiger partial charge in [-0.15, -0.1) is 11.6 Å². The van der Waals surface area contributed by atoms with Crippen LogP contribution in [0.1, 0.15) is 24.8 Å². The molecular weight excluding hydrogens is 194 g/mol. The first-order valence-corrected chi connectivity index (χ1v) is 5.44. The third-order valence-electron chi connectivity index (χ3n) is 2.49. The Bertz CT molecular complexity index is 258. The van der Waals surface area contributed by atoms with Gasteiger partial charge in [0.15, 0.2) is 0 Å². The van der Waals surface area contributed by atoms with E-state index in [-0.39, 0.29) is 5.38 Å². The van der Waals surface area contributed by atoms with Crippen LogP contribution in [0, 0.1) is 0 Å². The minimum absolute atomic E-state index is 0.0867. The van der Waals surface area contributed by atoms with E-state index < -0.39 is 0 Å². The fourth-order valence-corrected chi connectivity index (χ4v) is 1.59. The van der Waals surface area contributed by atoms with Crippen molar-refractivity contribution in [2.45, 2.75) is 25.3 Å². The van der Waals surface area contributed by atoms with Crippen LogP contribution in [0.15, 0.2) is 30.3 Å². The molecule has 2 heteroatoms. The molecule has 1 aromatic rings. The molecule has 0 bridgehead atoms. The van der Waals surface area contributed by atoms with Crippen molar-refractivity contribution >= 4 is 11.6 Å². The quantitative estimate of drug-likeness (QED) is 0.691. The second-order valence-corrected chi connectivity index (χ2v) is 4.44. The summed E-state index contributed by atoms with van der Waals surface area (Å²) in [5, 5.41) is 0.0867. The lowest BCUT2D eigenvalue weighted by atomic mass is 10.1. The summed E-state index contributed by atoms with van der Waals surface area (Å²) < 4.78 is 0. The van der Waals surface area contributed by atoms with Crippen LogP contribution in [0.4, 0.5) is 0 Å². The molecule has 14 heavy (non-hydrogen) atoms. The third kappa shape index (κ3) is 3.32. The summed E-state index contributed by atoms with van der Waals surface area (Å²) in [7, 11) is 2.10. The summed E-state index contributed by atoms with van der Waals surface area (Å²) in [6, 6.07) is 10.8. The molecule has 0 N–H and O–H groups in total. The molecule has 0 heterocycles. The van der Waals surface area contributed by atoms with Gasteiger partial charge >= 0.3 is 0 Å². The van der Waals surface area contributed by atoms with E-state index in [4.69, 9.17) is 11.6 Å². The van der Waals surface area contributed by atoms with Crippen LogP contribution < -0.4 is 0 Å². The van der Waals surface area contributed by atoms with Crippen molar-refractivity contribution in [3.63, 3.8) is 0 Å². The predicted octanol–water partition coefficient (Wildman–Crippen LogP) is 3.31. The first-order valence-electron chi connectivity index (χ1n) is 5.00. The minimum Gasteiger partial charge on any atom is -0.302 e. The zero-order chi connectivity index (χ0) is 10.6. The van der Waals surface area contributed by atoms with Crippen molar-refractivity contribution < 1.29 is 0 Å². The maximum absolute atomic E-state index is 6.30. The SMILES string of the molecule is CC(C)N(C)CC(Cl)c1ccccc1. The molecule has 0 radical (unpaired) electrons. The normalized spacial score (nSPS) is 13.6. The molecule has 0 aliphatic rings. The van der Waals surface area contributed by atoms with Crippen molar-refractivity contribution in [2.75, 3.05) is 13.6 Å². The van der Waals surface area contributed by atoms with E-state index in [9.17, 15) is 0 Å². The zero-order valence-corrected chi connectivity index (χ0v) is 9.83. The van der Waals surface area contributed by atoms with Gasteiger partial charge in [0.1, 0.15) is 0 Å². The van der Waals surface area contributed by atoms with Crippen molar-refractivity contribution in [1.29, 1.82) is 0 Å². The van der Waals surface area contributed by atoms with Crippen LogP contribution in [-0.4, -0.2) is 24.5 Å². The number of rotatable bonds is 4. The molecule has 0 amide bonds. The minimum atomic E-state index is 0.0867. The second kappa shape index (κ2) is 5.38. The monoisotopic (exact) mass is 211 g/mol. The lowest BCUT2D eigenvalue weighted by molar-refractivity contribution is 0.274. The average Bonchev–Trinajstić information content (AvgIpc) is 2.19. The van der Waals surface area contributed by atoms with Gasteiger partial charge in [-0.05, 0) is 26.5 Å². The van der Waals surface area contributed by atoms with Gasteiger partial charge in [-0.2, -0.15) is 0 Å². The zero-order valence-electron chi connectivity index (χ0n) is 9.07. The summed E-state index contributed by atoms with van der Waals surface area (Å²) in [6.45, 7) is 5.24. The van der Waals surface area contributed by atoms with E-state index in [1.807, 2.05) is 18.2 Å². The first-order chi connectivity index (χ1) is 6.61. The molecule has 0 fully saturated rings. The molecule has 0 saturated heterocycles. The summed E-state index contributed by atoms with van der Waals surface area (Å²) in [5.74, 6) is 0. The molecule has 1 aromatic carbocycles. The lowest BCUT2D eigenvalue weighted by Crippen LogP contribution is -2.29. The van der Waals surface area contributed by atoms with Gasteiger partial charge in [-0.25, -0.2) is 0 Å². The standard InChI is InChI=1S/C12H18ClN/c1-10(2)14(3)9-12(13)11-7-5-4-6-8-11/h4-8,10,12H,9H2,1-3H3. The van der Waals surface area contributed by atoms with Crippen LogP contribution in [-0.2, 0) is 0 Å². The number of nitrogens with zero attached hydrogens (tertiary/aromatic N) is 1. The highest BCUT2D eigenvalue weighted by Crippen LogP contribution is 2.21. The van der Waals surface area contributed by atoms with Gasteiger partial charge in [0.2, 0.25) is 0 Å². The van der Waals surface area contributed by atoms with Crippen LogP contribution in [0.5, 0.6) is 0 Å². The maximum atomic E-state index is 6.30. The Balaban J connectivity index is 2.55. The Morgan fingerprint density at radius 1 is 1.21 bits per heavy atom. The number of benzene rings is 1. The van der Waals surface area contributed by atoms with Crippen molar-refractivity contribution in [1.82, 2.24) is 4.90 Å². The topological polar surface area (TPSA) is 3.24 Å². The molecule has 0 aromatic heterocycles. The summed E-state index contributed by atoms with van der Waals surface area (Å²) in [4.78, 5) is 2.25. The van der Waals surface area contributed by atoms with E-state index in [0.717, 1.165) is 6.54 Å². The lowest BCUT2D eigenvalue weighted by Gasteiger charge is -2.23. The number of hydrogen-bond donors (Lipinski definition) is 0. The third-order valence-corrected chi connectivity index (χ3v) is 2.88. The first kappa shape index (κ1) is 11.5. The number of hydrogen-bond acceptors (Lipinski definition) is 1. The van der Waals surface area contributed by atoms with Crippen LogP contribution in [0.2, 0.25) is 0 Å². The van der Waals surface area contributed by atoms with Crippen LogP contribution in [0.25, 0.3) is 0 Å². The Morgan fingerprint density at radius 3 is 2.29 bits per heavy atom. The van der Waals surface area contributed by atoms with Crippen molar-refractivity contribution in [3.8, 4) is 0 Å². The van der Waals surface area contributed by atoms with Gasteiger partial charge in [0, 0.05) is 12.6 Å². The molecule has 0 aliphatic carbocycles. The molecule has 1 unspecified atom stereocenters. The van der Waals surface area contributed by atoms with Gasteiger partial charge in [-0.1, -0.05) is 30.3 Å². The highest BCUT2D eigenvalue weighted by molar-refractivity contribution is 6.21. The van der Waals surface area contributed by atoms with Gasteiger partial charge in [0.05, 0.1) is 5.38 Å². The van der Waals surface area contributed by atoms with Gasteiger partial charge in [0.25, 0.3) is 0 Å². The summed E-state index contributed by atoms with van der Waals surface area (Å²) >= 11 is 6.30. The molecule has 1 atom stereocenters. The molecule has 1 nitrogen and oxygen atoms in total. The van der Waals surface area contributed by atoms with E-state index in [1.165, 1.54) is 5.56 Å². The largest absolute Gasteiger partial charge is 0.302 e. The van der Waals surface area contributed by atoms with E-state index in [1.54, 1.807) is 0 Å². The average molecular weight is 212 g/mol. The highest BCUT2D eigenvalue weighted by Gasteiger charge is 2.11. The van der Waals surface area contributed by atoms with Crippen LogP contribution >= 0.6 is 11.6 Å². The van der Waals surface area contributed by atoms with E-state index in [0.29, 0.717) is 6.04 Å². The Morgan fingerprint density at radius 2 is 1.79 bits per heavy atom. The number of halogens is 1. The molecule has 1 rings (SSSR count). The van der Waals surface area contributed by atoms with Gasteiger partial charge in [-0.3, -0.25) is 0 Å². The fraction of sp³-hybridized carbons (Fsp3) is 0.500. The van der Waals surface area contributed by atoms with E-state index >= 15 is 0 Å². The summed E-state index contributed by atoms with van der Waals surface area (Å²) in [6.07, 6.45) is 0.